The number of rotatable bonds is 8. The van der Waals surface area contributed by atoms with Gasteiger partial charge in [0.2, 0.25) is 6.29 Å². The van der Waals surface area contributed by atoms with E-state index in [1.807, 2.05) is 0 Å². The number of esters is 1. The molecule has 3 saturated carbocycles. The standard InChI is InChI=1S/C30H48O8/c1-18-9-10-24-22(13-14-30(5)25(20(3)31)11-12-26(24)30)7-6-8-23(15-18)38-29(35)37-21(4)36-28(34)17-19(2)16-27(32)33/h18-19,21-26H,6-17H2,1-5H3,(H,32,33)/t18-,19?,21?,22-,23+,24+,25?,26-,30+/m0/s1. The lowest BCUT2D eigenvalue weighted by molar-refractivity contribution is -0.170. The Morgan fingerprint density at radius 2 is 1.68 bits per heavy atom. The van der Waals surface area contributed by atoms with E-state index in [-0.39, 0.29) is 36.2 Å². The van der Waals surface area contributed by atoms with Gasteiger partial charge in [-0.05, 0) is 93.3 Å². The summed E-state index contributed by atoms with van der Waals surface area (Å²) in [5.41, 5.74) is 0.157. The van der Waals surface area contributed by atoms with Crippen molar-refractivity contribution in [2.75, 3.05) is 0 Å². The molecule has 8 heteroatoms. The predicted molar refractivity (Wildman–Crippen MR) is 141 cm³/mol. The average Bonchev–Trinajstić information content (AvgIpc) is 3.14. The van der Waals surface area contributed by atoms with E-state index in [1.54, 1.807) is 13.8 Å². The number of fused-ring (bicyclic) bond motifs is 3. The summed E-state index contributed by atoms with van der Waals surface area (Å²) in [7, 11) is 0. The lowest BCUT2D eigenvalue weighted by Gasteiger charge is -2.49. The lowest BCUT2D eigenvalue weighted by atomic mass is 9.55. The summed E-state index contributed by atoms with van der Waals surface area (Å²) in [6, 6.07) is 0. The first-order valence-corrected chi connectivity index (χ1v) is 14.7. The number of carbonyl (C=O) groups is 4. The van der Waals surface area contributed by atoms with Crippen molar-refractivity contribution >= 4 is 23.9 Å². The van der Waals surface area contributed by atoms with Crippen LogP contribution < -0.4 is 0 Å². The van der Waals surface area contributed by atoms with Gasteiger partial charge in [-0.2, -0.15) is 0 Å². The monoisotopic (exact) mass is 536 g/mol. The maximum absolute atomic E-state index is 12.5. The summed E-state index contributed by atoms with van der Waals surface area (Å²) in [6.45, 7) is 9.47. The molecule has 0 aromatic heterocycles. The van der Waals surface area contributed by atoms with E-state index in [0.29, 0.717) is 29.5 Å². The van der Waals surface area contributed by atoms with Gasteiger partial charge in [0.25, 0.3) is 0 Å². The molecule has 1 N–H and O–H groups in total. The van der Waals surface area contributed by atoms with Crippen LogP contribution in [0.1, 0.15) is 112 Å². The van der Waals surface area contributed by atoms with Crippen LogP contribution in [0, 0.1) is 40.9 Å². The molecule has 0 bridgehead atoms. The highest BCUT2D eigenvalue weighted by Crippen LogP contribution is 2.61. The van der Waals surface area contributed by atoms with E-state index in [2.05, 4.69) is 13.8 Å². The molecule has 0 heterocycles. The molecule has 3 fully saturated rings. The first kappa shape index (κ1) is 30.4. The highest BCUT2D eigenvalue weighted by molar-refractivity contribution is 5.79. The first-order chi connectivity index (χ1) is 17.9. The highest BCUT2D eigenvalue weighted by atomic mass is 16.8. The second-order valence-corrected chi connectivity index (χ2v) is 12.7. The minimum absolute atomic E-state index is 0.0627. The van der Waals surface area contributed by atoms with Crippen molar-refractivity contribution in [3.63, 3.8) is 0 Å². The Kier molecular flexibility index (Phi) is 10.6. The molecule has 3 aliphatic carbocycles. The fourth-order valence-electron chi connectivity index (χ4n) is 7.92. The average molecular weight is 537 g/mol. The van der Waals surface area contributed by atoms with Crippen molar-refractivity contribution < 1.29 is 38.5 Å². The molecular formula is C30H48O8. The molecule has 3 rings (SSSR count). The van der Waals surface area contributed by atoms with Gasteiger partial charge in [0.05, 0.1) is 0 Å². The highest BCUT2D eigenvalue weighted by Gasteiger charge is 2.54. The topological polar surface area (TPSA) is 116 Å². The number of ketones is 1. The van der Waals surface area contributed by atoms with E-state index in [1.165, 1.54) is 26.2 Å². The quantitative estimate of drug-likeness (QED) is 0.275. The van der Waals surface area contributed by atoms with Crippen LogP contribution in [0.4, 0.5) is 4.79 Å². The van der Waals surface area contributed by atoms with Crippen LogP contribution in [0.3, 0.4) is 0 Å². The zero-order chi connectivity index (χ0) is 28.0. The molecule has 0 radical (unpaired) electrons. The van der Waals surface area contributed by atoms with Gasteiger partial charge in [-0.25, -0.2) is 4.79 Å². The molecule has 0 aliphatic heterocycles. The van der Waals surface area contributed by atoms with Crippen LogP contribution in [-0.4, -0.2) is 41.4 Å². The summed E-state index contributed by atoms with van der Waals surface area (Å²) < 4.78 is 16.0. The van der Waals surface area contributed by atoms with Crippen molar-refractivity contribution in [2.24, 2.45) is 40.9 Å². The summed E-state index contributed by atoms with van der Waals surface area (Å²) in [4.78, 5) is 47.6. The SMILES string of the molecule is CC(=O)C1CC[C@H]2[C@@H]3CC[C@H](C)C[C@H](OC(=O)OC(C)OC(=O)CC(C)CC(=O)O)CCC[C@H]3CC[C@]12C. The van der Waals surface area contributed by atoms with Gasteiger partial charge in [-0.1, -0.05) is 33.6 Å². The van der Waals surface area contributed by atoms with Crippen molar-refractivity contribution in [1.82, 2.24) is 0 Å². The molecular weight excluding hydrogens is 488 g/mol. The van der Waals surface area contributed by atoms with Crippen LogP contribution in [0.2, 0.25) is 0 Å². The largest absolute Gasteiger partial charge is 0.511 e. The molecule has 3 unspecified atom stereocenters. The summed E-state index contributed by atoms with van der Waals surface area (Å²) >= 11 is 0. The number of hydrogen-bond acceptors (Lipinski definition) is 7. The van der Waals surface area contributed by atoms with E-state index >= 15 is 0 Å². The fourth-order valence-corrected chi connectivity index (χ4v) is 7.92. The van der Waals surface area contributed by atoms with E-state index in [0.717, 1.165) is 44.9 Å². The second kappa shape index (κ2) is 13.3. The number of aliphatic carboxylic acids is 1. The fraction of sp³-hybridized carbons (Fsp3) is 0.867. The Morgan fingerprint density at radius 3 is 2.37 bits per heavy atom. The van der Waals surface area contributed by atoms with E-state index in [9.17, 15) is 19.2 Å². The zero-order valence-corrected chi connectivity index (χ0v) is 23.9. The smallest absolute Gasteiger partial charge is 0.481 e. The molecule has 0 saturated heterocycles. The van der Waals surface area contributed by atoms with E-state index < -0.39 is 24.4 Å². The number of carboxylic acid groups (broad SMARTS) is 1. The number of ether oxygens (including phenoxy) is 3. The van der Waals surface area contributed by atoms with Gasteiger partial charge in [-0.3, -0.25) is 14.4 Å². The second-order valence-electron chi connectivity index (χ2n) is 12.7. The predicted octanol–water partition coefficient (Wildman–Crippen LogP) is 6.54. The number of hydrogen-bond donors (Lipinski definition) is 1. The maximum Gasteiger partial charge on any atom is 0.511 e. The van der Waals surface area contributed by atoms with Gasteiger partial charge < -0.3 is 19.3 Å². The lowest BCUT2D eigenvalue weighted by Crippen LogP contribution is -2.43. The minimum Gasteiger partial charge on any atom is -0.481 e. The van der Waals surface area contributed by atoms with Gasteiger partial charge in [-0.15, -0.1) is 0 Å². The maximum atomic E-state index is 12.5. The first-order valence-electron chi connectivity index (χ1n) is 14.7. The molecule has 0 amide bonds. The number of carbonyl (C=O) groups excluding carboxylic acids is 3. The van der Waals surface area contributed by atoms with Crippen LogP contribution >= 0.6 is 0 Å². The minimum atomic E-state index is -1.11. The molecule has 8 nitrogen and oxygen atoms in total. The van der Waals surface area contributed by atoms with Crippen molar-refractivity contribution in [3.8, 4) is 0 Å². The van der Waals surface area contributed by atoms with Crippen molar-refractivity contribution in [1.29, 1.82) is 0 Å². The zero-order valence-electron chi connectivity index (χ0n) is 23.9. The Balaban J connectivity index is 1.49. The van der Waals surface area contributed by atoms with Gasteiger partial charge in [0, 0.05) is 25.7 Å². The molecule has 9 atom stereocenters. The molecule has 0 spiro atoms. The molecule has 0 aromatic rings. The van der Waals surface area contributed by atoms with Crippen molar-refractivity contribution in [2.45, 2.75) is 124 Å². The van der Waals surface area contributed by atoms with Gasteiger partial charge >= 0.3 is 18.1 Å². The number of carboxylic acids is 1. The van der Waals surface area contributed by atoms with Crippen LogP contribution in [-0.2, 0) is 28.6 Å². The molecule has 3 aliphatic rings. The Labute approximate surface area is 227 Å². The van der Waals surface area contributed by atoms with Crippen LogP contribution in [0.25, 0.3) is 0 Å². The molecule has 0 aromatic carbocycles. The summed E-state index contributed by atoms with van der Waals surface area (Å²) in [6.07, 6.45) is 8.05. The summed E-state index contributed by atoms with van der Waals surface area (Å²) in [5.74, 6) is 1.01. The van der Waals surface area contributed by atoms with Crippen LogP contribution in [0.5, 0.6) is 0 Å². The third kappa shape index (κ3) is 7.95. The van der Waals surface area contributed by atoms with Gasteiger partial charge in [0.15, 0.2) is 0 Å². The summed E-state index contributed by atoms with van der Waals surface area (Å²) in [5, 5.41) is 8.82. The van der Waals surface area contributed by atoms with Crippen LogP contribution in [0.15, 0.2) is 0 Å². The Hall–Kier alpha value is -2.12. The van der Waals surface area contributed by atoms with E-state index in [4.69, 9.17) is 19.3 Å². The number of Topliss-reactive ketones (excluding diaryl/α,β-unsaturated/α-hetero) is 1. The Bertz CT molecular complexity index is 855. The normalized spacial score (nSPS) is 35.1. The Morgan fingerprint density at radius 1 is 0.947 bits per heavy atom. The third-order valence-electron chi connectivity index (χ3n) is 9.70. The molecule has 216 valence electrons. The molecule has 38 heavy (non-hydrogen) atoms. The van der Waals surface area contributed by atoms with Crippen molar-refractivity contribution in [3.05, 3.63) is 0 Å². The van der Waals surface area contributed by atoms with Gasteiger partial charge in [0.1, 0.15) is 11.9 Å². The third-order valence-corrected chi connectivity index (χ3v) is 9.70.